The topological polar surface area (TPSA) is 95.6 Å². The first-order chi connectivity index (χ1) is 12.7. The van der Waals surface area contributed by atoms with Gasteiger partial charge in [0.1, 0.15) is 5.82 Å². The molecule has 7 nitrogen and oxygen atoms in total. The third-order valence-electron chi connectivity index (χ3n) is 3.72. The number of nitrogens with zero attached hydrogens (tertiary/aromatic N) is 1. The quantitative estimate of drug-likeness (QED) is 0.737. The van der Waals surface area contributed by atoms with Crippen LogP contribution in [-0.4, -0.2) is 45.2 Å². The molecule has 0 heterocycles. The number of halogens is 1. The summed E-state index contributed by atoms with van der Waals surface area (Å²) in [6.45, 7) is -0.142. The fourth-order valence-electron chi connectivity index (χ4n) is 2.15. The third kappa shape index (κ3) is 5.35. The van der Waals surface area contributed by atoms with Gasteiger partial charge in [-0.1, -0.05) is 24.3 Å². The third-order valence-corrected chi connectivity index (χ3v) is 5.55. The second kappa shape index (κ2) is 8.74. The van der Waals surface area contributed by atoms with Crippen LogP contribution in [-0.2, 0) is 21.4 Å². The van der Waals surface area contributed by atoms with Gasteiger partial charge in [-0.3, -0.25) is 9.59 Å². The van der Waals surface area contributed by atoms with E-state index in [9.17, 15) is 22.4 Å². The normalized spacial score (nSPS) is 11.3. The first-order valence-corrected chi connectivity index (χ1v) is 9.46. The molecule has 0 aliphatic rings. The molecule has 2 rings (SSSR count). The Morgan fingerprint density at radius 1 is 1.00 bits per heavy atom. The summed E-state index contributed by atoms with van der Waals surface area (Å²) in [5.41, 5.74) is 0.560. The molecule has 0 aromatic heterocycles. The van der Waals surface area contributed by atoms with E-state index >= 15 is 0 Å². The van der Waals surface area contributed by atoms with E-state index < -0.39 is 27.7 Å². The average Bonchev–Trinajstić information content (AvgIpc) is 2.65. The number of hydrogen-bond donors (Lipinski definition) is 2. The minimum atomic E-state index is -3.51. The standard InChI is InChI=1S/C18H20FN3O4S/c1-22(2)27(25,26)14-9-7-13(8-10-14)11-20-17(23)12-21-18(24)15-5-3-4-6-16(15)19/h3-10H,11-12H2,1-2H3,(H,20,23)(H,21,24). The van der Waals surface area contributed by atoms with Crippen molar-refractivity contribution in [1.82, 2.24) is 14.9 Å². The highest BCUT2D eigenvalue weighted by Gasteiger charge is 2.16. The lowest BCUT2D eigenvalue weighted by molar-refractivity contribution is -0.120. The van der Waals surface area contributed by atoms with Gasteiger partial charge >= 0.3 is 0 Å². The molecule has 9 heteroatoms. The van der Waals surface area contributed by atoms with Crippen LogP contribution in [0, 0.1) is 5.82 Å². The summed E-state index contributed by atoms with van der Waals surface area (Å²) in [4.78, 5) is 23.8. The van der Waals surface area contributed by atoms with Crippen LogP contribution in [0.15, 0.2) is 53.4 Å². The van der Waals surface area contributed by atoms with Crippen molar-refractivity contribution in [3.63, 3.8) is 0 Å². The minimum absolute atomic E-state index is 0.136. The molecule has 2 aromatic carbocycles. The minimum Gasteiger partial charge on any atom is -0.350 e. The molecule has 144 valence electrons. The Morgan fingerprint density at radius 3 is 2.22 bits per heavy atom. The van der Waals surface area contributed by atoms with Crippen molar-refractivity contribution < 1.29 is 22.4 Å². The molecule has 2 aromatic rings. The molecule has 0 saturated heterocycles. The fourth-order valence-corrected chi connectivity index (χ4v) is 3.06. The van der Waals surface area contributed by atoms with Crippen molar-refractivity contribution in [2.75, 3.05) is 20.6 Å². The molecule has 0 saturated carbocycles. The molecule has 0 spiro atoms. The summed E-state index contributed by atoms with van der Waals surface area (Å²) >= 11 is 0. The number of carbonyl (C=O) groups is 2. The number of carbonyl (C=O) groups excluding carboxylic acids is 2. The van der Waals surface area contributed by atoms with Crippen LogP contribution in [0.2, 0.25) is 0 Å². The van der Waals surface area contributed by atoms with Crippen LogP contribution in [0.3, 0.4) is 0 Å². The van der Waals surface area contributed by atoms with Crippen LogP contribution < -0.4 is 10.6 Å². The molecule has 0 unspecified atom stereocenters. The zero-order valence-electron chi connectivity index (χ0n) is 14.9. The molecular weight excluding hydrogens is 373 g/mol. The second-order valence-electron chi connectivity index (χ2n) is 5.87. The monoisotopic (exact) mass is 393 g/mol. The first-order valence-electron chi connectivity index (χ1n) is 8.02. The SMILES string of the molecule is CN(C)S(=O)(=O)c1ccc(CNC(=O)CNC(=O)c2ccccc2F)cc1. The van der Waals surface area contributed by atoms with Crippen LogP contribution >= 0.6 is 0 Å². The summed E-state index contributed by atoms with van der Waals surface area (Å²) < 4.78 is 38.6. The maximum absolute atomic E-state index is 13.5. The molecule has 2 amide bonds. The van der Waals surface area contributed by atoms with Crippen molar-refractivity contribution in [3.8, 4) is 0 Å². The van der Waals surface area contributed by atoms with E-state index in [1.54, 1.807) is 12.1 Å². The summed E-state index contributed by atoms with van der Waals surface area (Å²) in [5.74, 6) is -1.80. The molecule has 2 N–H and O–H groups in total. The predicted octanol–water partition coefficient (Wildman–Crippen LogP) is 1.12. The van der Waals surface area contributed by atoms with Crippen molar-refractivity contribution >= 4 is 21.8 Å². The number of nitrogens with one attached hydrogen (secondary N) is 2. The molecule has 0 fully saturated rings. The number of sulfonamides is 1. The van der Waals surface area contributed by atoms with Crippen LogP contribution in [0.5, 0.6) is 0 Å². The van der Waals surface area contributed by atoms with Gasteiger partial charge < -0.3 is 10.6 Å². The second-order valence-corrected chi connectivity index (χ2v) is 8.02. The highest BCUT2D eigenvalue weighted by molar-refractivity contribution is 7.89. The summed E-state index contributed by atoms with van der Waals surface area (Å²) in [7, 11) is -0.618. The highest BCUT2D eigenvalue weighted by atomic mass is 32.2. The molecule has 0 radical (unpaired) electrons. The maximum atomic E-state index is 13.5. The van der Waals surface area contributed by atoms with Gasteiger partial charge in [0, 0.05) is 20.6 Å². The van der Waals surface area contributed by atoms with Gasteiger partial charge in [0.25, 0.3) is 5.91 Å². The lowest BCUT2D eigenvalue weighted by Crippen LogP contribution is -2.36. The predicted molar refractivity (Wildman–Crippen MR) is 97.9 cm³/mol. The van der Waals surface area contributed by atoms with Crippen LogP contribution in [0.1, 0.15) is 15.9 Å². The lowest BCUT2D eigenvalue weighted by atomic mass is 10.2. The number of amides is 2. The highest BCUT2D eigenvalue weighted by Crippen LogP contribution is 2.13. The summed E-state index contributed by atoms with van der Waals surface area (Å²) in [6.07, 6.45) is 0. The molecular formula is C18H20FN3O4S. The lowest BCUT2D eigenvalue weighted by Gasteiger charge is -2.12. The van der Waals surface area contributed by atoms with E-state index in [4.69, 9.17) is 0 Å². The van der Waals surface area contributed by atoms with E-state index in [0.717, 1.165) is 10.4 Å². The number of rotatable bonds is 7. The molecule has 27 heavy (non-hydrogen) atoms. The smallest absolute Gasteiger partial charge is 0.254 e. The van der Waals surface area contributed by atoms with Gasteiger partial charge in [-0.25, -0.2) is 17.1 Å². The van der Waals surface area contributed by atoms with Crippen molar-refractivity contribution in [3.05, 3.63) is 65.5 Å². The Labute approximate surface area is 157 Å². The first kappa shape index (κ1) is 20.5. The van der Waals surface area contributed by atoms with Crippen LogP contribution in [0.25, 0.3) is 0 Å². The van der Waals surface area contributed by atoms with Gasteiger partial charge in [-0.05, 0) is 29.8 Å². The zero-order chi connectivity index (χ0) is 20.0. The average molecular weight is 393 g/mol. The van der Waals surface area contributed by atoms with Crippen molar-refractivity contribution in [2.45, 2.75) is 11.4 Å². The Bertz CT molecular complexity index is 928. The van der Waals surface area contributed by atoms with Crippen LogP contribution in [0.4, 0.5) is 4.39 Å². The Hall–Kier alpha value is -2.78. The van der Waals surface area contributed by atoms with Gasteiger partial charge in [0.2, 0.25) is 15.9 Å². The number of benzene rings is 2. The largest absolute Gasteiger partial charge is 0.350 e. The van der Waals surface area contributed by atoms with E-state index in [-0.39, 0.29) is 23.5 Å². The Balaban J connectivity index is 1.85. The van der Waals surface area contributed by atoms with Gasteiger partial charge in [0.15, 0.2) is 0 Å². The Kier molecular flexibility index (Phi) is 6.65. The van der Waals surface area contributed by atoms with E-state index in [0.29, 0.717) is 5.56 Å². The maximum Gasteiger partial charge on any atom is 0.254 e. The zero-order valence-corrected chi connectivity index (χ0v) is 15.7. The summed E-state index contributed by atoms with van der Waals surface area (Å²) in [6, 6.07) is 11.6. The van der Waals surface area contributed by atoms with Crippen molar-refractivity contribution in [2.24, 2.45) is 0 Å². The molecule has 0 aliphatic carbocycles. The fraction of sp³-hybridized carbons (Fsp3) is 0.222. The molecule has 0 atom stereocenters. The van der Waals surface area contributed by atoms with Crippen molar-refractivity contribution in [1.29, 1.82) is 0 Å². The van der Waals surface area contributed by atoms with E-state index in [1.165, 1.54) is 44.4 Å². The Morgan fingerprint density at radius 2 is 1.63 bits per heavy atom. The van der Waals surface area contributed by atoms with E-state index in [1.807, 2.05) is 0 Å². The van der Waals surface area contributed by atoms with Gasteiger partial charge in [0.05, 0.1) is 17.0 Å². The summed E-state index contributed by atoms with van der Waals surface area (Å²) in [5, 5.41) is 4.94. The number of hydrogen-bond acceptors (Lipinski definition) is 4. The van der Waals surface area contributed by atoms with E-state index in [2.05, 4.69) is 10.6 Å². The molecule has 0 aliphatic heterocycles. The van der Waals surface area contributed by atoms with Gasteiger partial charge in [-0.15, -0.1) is 0 Å². The molecule has 0 bridgehead atoms. The van der Waals surface area contributed by atoms with Gasteiger partial charge in [-0.2, -0.15) is 0 Å².